The number of hydrogen-bond donors (Lipinski definition) is 1. The third-order valence-corrected chi connectivity index (χ3v) is 4.11. The summed E-state index contributed by atoms with van der Waals surface area (Å²) in [5, 5.41) is 3.36. The van der Waals surface area contributed by atoms with Crippen molar-refractivity contribution in [1.29, 1.82) is 0 Å². The molecule has 88 valence electrons. The number of benzene rings is 1. The van der Waals surface area contributed by atoms with Crippen LogP contribution in [0.25, 0.3) is 0 Å². The van der Waals surface area contributed by atoms with Gasteiger partial charge in [0.05, 0.1) is 0 Å². The summed E-state index contributed by atoms with van der Waals surface area (Å²) in [6.07, 6.45) is 2.66. The van der Waals surface area contributed by atoms with E-state index in [1.54, 1.807) is 0 Å². The average Bonchev–Trinajstić information content (AvgIpc) is 2.20. The molecule has 0 unspecified atom stereocenters. The van der Waals surface area contributed by atoms with Gasteiger partial charge in [-0.2, -0.15) is 0 Å². The van der Waals surface area contributed by atoms with E-state index in [4.69, 9.17) is 0 Å². The second kappa shape index (κ2) is 4.21. The Hall–Kier alpha value is -0.820. The van der Waals surface area contributed by atoms with Crippen LogP contribution in [0.5, 0.6) is 0 Å². The van der Waals surface area contributed by atoms with Crippen molar-refractivity contribution in [3.8, 4) is 0 Å². The van der Waals surface area contributed by atoms with Gasteiger partial charge in [0.2, 0.25) is 0 Å². The molecule has 1 aliphatic rings. The topological polar surface area (TPSA) is 12.0 Å². The number of aryl methyl sites for hydroxylation is 2. The van der Waals surface area contributed by atoms with Crippen LogP contribution in [0.2, 0.25) is 0 Å². The Morgan fingerprint density at radius 2 is 1.94 bits per heavy atom. The van der Waals surface area contributed by atoms with Crippen LogP contribution in [-0.4, -0.2) is 13.6 Å². The Bertz CT molecular complexity index is 370. The normalized spacial score (nSPS) is 28.9. The zero-order valence-electron chi connectivity index (χ0n) is 10.9. The van der Waals surface area contributed by atoms with Crippen molar-refractivity contribution in [3.63, 3.8) is 0 Å². The highest BCUT2D eigenvalue weighted by molar-refractivity contribution is 5.36. The maximum absolute atomic E-state index is 3.36. The largest absolute Gasteiger partial charge is 0.319 e. The van der Waals surface area contributed by atoms with Crippen molar-refractivity contribution in [1.82, 2.24) is 5.32 Å². The third-order valence-electron chi connectivity index (χ3n) is 4.11. The highest BCUT2D eigenvalue weighted by atomic mass is 14.8. The maximum atomic E-state index is 3.36. The Morgan fingerprint density at radius 1 is 1.25 bits per heavy atom. The molecule has 1 fully saturated rings. The summed E-state index contributed by atoms with van der Waals surface area (Å²) in [4.78, 5) is 0. The fourth-order valence-corrected chi connectivity index (χ4v) is 3.17. The molecule has 0 amide bonds. The summed E-state index contributed by atoms with van der Waals surface area (Å²) < 4.78 is 0. The van der Waals surface area contributed by atoms with E-state index in [1.165, 1.54) is 29.5 Å². The van der Waals surface area contributed by atoms with Crippen molar-refractivity contribution < 1.29 is 0 Å². The van der Waals surface area contributed by atoms with Crippen LogP contribution in [0.3, 0.4) is 0 Å². The molecule has 0 aliphatic heterocycles. The van der Waals surface area contributed by atoms with Gasteiger partial charge in [0.15, 0.2) is 0 Å². The van der Waals surface area contributed by atoms with Gasteiger partial charge < -0.3 is 5.32 Å². The molecule has 1 aromatic rings. The molecule has 0 saturated heterocycles. The zero-order valence-corrected chi connectivity index (χ0v) is 10.9. The van der Waals surface area contributed by atoms with Crippen molar-refractivity contribution in [3.05, 3.63) is 34.9 Å². The number of hydrogen-bond acceptors (Lipinski definition) is 1. The van der Waals surface area contributed by atoms with E-state index in [-0.39, 0.29) is 0 Å². The molecule has 0 heterocycles. The predicted molar refractivity (Wildman–Crippen MR) is 69.9 cm³/mol. The SMILES string of the molecule is CNCC1(c2ccc(C)c(C)c2)CC(C)C1. The first-order valence-corrected chi connectivity index (χ1v) is 6.30. The van der Waals surface area contributed by atoms with E-state index in [2.05, 4.69) is 51.3 Å². The van der Waals surface area contributed by atoms with Crippen LogP contribution < -0.4 is 5.32 Å². The summed E-state index contributed by atoms with van der Waals surface area (Å²) >= 11 is 0. The van der Waals surface area contributed by atoms with Crippen LogP contribution in [0, 0.1) is 19.8 Å². The van der Waals surface area contributed by atoms with Crippen LogP contribution in [0.1, 0.15) is 36.5 Å². The molecule has 0 bridgehead atoms. The number of rotatable bonds is 3. The molecule has 2 rings (SSSR count). The molecular formula is C15H23N. The van der Waals surface area contributed by atoms with E-state index in [0.717, 1.165) is 12.5 Å². The third kappa shape index (κ3) is 1.89. The average molecular weight is 217 g/mol. The van der Waals surface area contributed by atoms with Gasteiger partial charge in [-0.3, -0.25) is 0 Å². The Kier molecular flexibility index (Phi) is 3.07. The van der Waals surface area contributed by atoms with E-state index in [0.29, 0.717) is 5.41 Å². The van der Waals surface area contributed by atoms with Gasteiger partial charge in [-0.05, 0) is 56.3 Å². The van der Waals surface area contributed by atoms with Crippen LogP contribution in [0.15, 0.2) is 18.2 Å². The Morgan fingerprint density at radius 3 is 2.44 bits per heavy atom. The van der Waals surface area contributed by atoms with Crippen LogP contribution in [-0.2, 0) is 5.41 Å². The lowest BCUT2D eigenvalue weighted by Crippen LogP contribution is -2.47. The van der Waals surface area contributed by atoms with E-state index >= 15 is 0 Å². The van der Waals surface area contributed by atoms with Crippen molar-refractivity contribution in [2.24, 2.45) is 5.92 Å². The fourth-order valence-electron chi connectivity index (χ4n) is 3.17. The van der Waals surface area contributed by atoms with Gasteiger partial charge in [0, 0.05) is 12.0 Å². The fraction of sp³-hybridized carbons (Fsp3) is 0.600. The summed E-state index contributed by atoms with van der Waals surface area (Å²) in [7, 11) is 2.06. The molecule has 0 atom stereocenters. The second-order valence-electron chi connectivity index (χ2n) is 5.62. The highest BCUT2D eigenvalue weighted by Gasteiger charge is 2.42. The number of likely N-dealkylation sites (N-methyl/N-ethyl adjacent to an activating group) is 1. The zero-order chi connectivity index (χ0) is 11.8. The van der Waals surface area contributed by atoms with Crippen LogP contribution >= 0.6 is 0 Å². The summed E-state index contributed by atoms with van der Waals surface area (Å²) in [6, 6.07) is 6.98. The molecule has 16 heavy (non-hydrogen) atoms. The first-order chi connectivity index (χ1) is 7.57. The van der Waals surface area contributed by atoms with Gasteiger partial charge >= 0.3 is 0 Å². The number of nitrogens with one attached hydrogen (secondary N) is 1. The molecule has 0 radical (unpaired) electrons. The van der Waals surface area contributed by atoms with Crippen molar-refractivity contribution in [2.75, 3.05) is 13.6 Å². The quantitative estimate of drug-likeness (QED) is 0.820. The standard InChI is InChI=1S/C15H23N/c1-11-8-15(9-11,10-16-4)14-6-5-12(2)13(3)7-14/h5-7,11,16H,8-10H2,1-4H3. The predicted octanol–water partition coefficient (Wildman–Crippen LogP) is 3.19. The summed E-state index contributed by atoms with van der Waals surface area (Å²) in [5.41, 5.74) is 4.76. The van der Waals surface area contributed by atoms with Gasteiger partial charge in [-0.15, -0.1) is 0 Å². The Labute approximate surface area is 99.3 Å². The minimum atomic E-state index is 0.409. The summed E-state index contributed by atoms with van der Waals surface area (Å²) in [6.45, 7) is 7.87. The molecular weight excluding hydrogens is 194 g/mol. The van der Waals surface area contributed by atoms with Gasteiger partial charge in [0.25, 0.3) is 0 Å². The molecule has 1 aliphatic carbocycles. The van der Waals surface area contributed by atoms with Crippen molar-refractivity contribution in [2.45, 2.75) is 39.0 Å². The molecule has 1 N–H and O–H groups in total. The minimum Gasteiger partial charge on any atom is -0.319 e. The lowest BCUT2D eigenvalue weighted by atomic mass is 9.59. The molecule has 1 saturated carbocycles. The molecule has 1 heteroatoms. The van der Waals surface area contributed by atoms with E-state index in [9.17, 15) is 0 Å². The minimum absolute atomic E-state index is 0.409. The molecule has 0 aromatic heterocycles. The molecule has 1 aromatic carbocycles. The van der Waals surface area contributed by atoms with Gasteiger partial charge in [0.1, 0.15) is 0 Å². The highest BCUT2D eigenvalue weighted by Crippen LogP contribution is 2.47. The van der Waals surface area contributed by atoms with Gasteiger partial charge in [-0.25, -0.2) is 0 Å². The Balaban J connectivity index is 2.29. The lowest BCUT2D eigenvalue weighted by molar-refractivity contribution is 0.155. The van der Waals surface area contributed by atoms with E-state index in [1.807, 2.05) is 0 Å². The lowest BCUT2D eigenvalue weighted by Gasteiger charge is -2.47. The molecule has 0 spiro atoms. The summed E-state index contributed by atoms with van der Waals surface area (Å²) in [5.74, 6) is 0.884. The van der Waals surface area contributed by atoms with Crippen LogP contribution in [0.4, 0.5) is 0 Å². The van der Waals surface area contributed by atoms with Gasteiger partial charge in [-0.1, -0.05) is 25.1 Å². The second-order valence-corrected chi connectivity index (χ2v) is 5.62. The van der Waals surface area contributed by atoms with Crippen molar-refractivity contribution >= 4 is 0 Å². The monoisotopic (exact) mass is 217 g/mol. The smallest absolute Gasteiger partial charge is 0.00828 e. The molecule has 1 nitrogen and oxygen atoms in total. The maximum Gasteiger partial charge on any atom is 0.00828 e. The van der Waals surface area contributed by atoms with E-state index < -0.39 is 0 Å². The first-order valence-electron chi connectivity index (χ1n) is 6.30. The first kappa shape index (κ1) is 11.7.